The van der Waals surface area contributed by atoms with Gasteiger partial charge in [-0.05, 0) is 6.92 Å². The van der Waals surface area contributed by atoms with E-state index in [2.05, 4.69) is 14.5 Å². The summed E-state index contributed by atoms with van der Waals surface area (Å²) in [7, 11) is -3.29. The van der Waals surface area contributed by atoms with Crippen LogP contribution in [-0.2, 0) is 18.3 Å². The van der Waals surface area contributed by atoms with E-state index in [4.69, 9.17) is 32.9 Å². The standard InChI is InChI=1S/C14H20N5O7PS/c1-14(21)9(20)7(4-25-27(22,23)24-2)26-13(14)19-3-6(11(16)28)8-10(15)17-5-18-12(8)19/h3,5,7,9,13,20-21H,4H2,1-2H3,(H2,16,28)(H,22,23)(H2,15,17,18). The Balaban J connectivity index is 2.01. The van der Waals surface area contributed by atoms with Crippen LogP contribution in [0.25, 0.3) is 11.0 Å². The van der Waals surface area contributed by atoms with Crippen molar-refractivity contribution < 1.29 is 33.5 Å². The highest BCUT2D eigenvalue weighted by Crippen LogP contribution is 2.45. The smallest absolute Gasteiger partial charge is 0.389 e. The number of anilines is 1. The average molecular weight is 433 g/mol. The van der Waals surface area contributed by atoms with Gasteiger partial charge in [0.05, 0.1) is 12.0 Å². The normalized spacial score (nSPS) is 29.8. The number of hydrogen-bond donors (Lipinski definition) is 5. The summed E-state index contributed by atoms with van der Waals surface area (Å²) in [6.45, 7) is 0.835. The molecule has 2 aromatic rings. The van der Waals surface area contributed by atoms with Gasteiger partial charge in [0.2, 0.25) is 0 Å². The zero-order valence-electron chi connectivity index (χ0n) is 14.9. The molecule has 1 fully saturated rings. The summed E-state index contributed by atoms with van der Waals surface area (Å²) in [5.74, 6) is 0.130. The highest BCUT2D eigenvalue weighted by Gasteiger charge is 2.54. The second-order valence-electron chi connectivity index (χ2n) is 6.42. The minimum atomic E-state index is -4.29. The van der Waals surface area contributed by atoms with Gasteiger partial charge < -0.3 is 35.9 Å². The van der Waals surface area contributed by atoms with Crippen molar-refractivity contribution in [1.82, 2.24) is 14.5 Å². The summed E-state index contributed by atoms with van der Waals surface area (Å²) in [5, 5.41) is 21.7. The minimum absolute atomic E-state index is 0.0321. The first-order chi connectivity index (χ1) is 13.0. The Morgan fingerprint density at radius 1 is 1.54 bits per heavy atom. The fraction of sp³-hybridized carbons (Fsp3) is 0.500. The molecule has 3 heterocycles. The average Bonchev–Trinajstić information content (AvgIpc) is 3.11. The molecule has 1 aliphatic heterocycles. The lowest BCUT2D eigenvalue weighted by molar-refractivity contribution is -0.0947. The van der Waals surface area contributed by atoms with Gasteiger partial charge in [-0.15, -0.1) is 0 Å². The number of rotatable bonds is 6. The molecule has 1 saturated heterocycles. The molecule has 0 spiro atoms. The summed E-state index contributed by atoms with van der Waals surface area (Å²) < 4.78 is 27.7. The van der Waals surface area contributed by atoms with Crippen molar-refractivity contribution in [2.75, 3.05) is 19.5 Å². The third kappa shape index (κ3) is 3.51. The van der Waals surface area contributed by atoms with Crippen LogP contribution < -0.4 is 11.5 Å². The Kier molecular flexibility index (Phi) is 5.47. The number of aliphatic hydroxyl groups excluding tert-OH is 1. The second-order valence-corrected chi connectivity index (χ2v) is 8.42. The Morgan fingerprint density at radius 3 is 2.82 bits per heavy atom. The molecule has 0 radical (unpaired) electrons. The minimum Gasteiger partial charge on any atom is -0.389 e. The Labute approximate surface area is 164 Å². The summed E-state index contributed by atoms with van der Waals surface area (Å²) in [5.41, 5.74) is 10.5. The first-order valence-corrected chi connectivity index (χ1v) is 9.89. The van der Waals surface area contributed by atoms with E-state index in [0.29, 0.717) is 10.9 Å². The maximum Gasteiger partial charge on any atom is 0.472 e. The van der Waals surface area contributed by atoms with Gasteiger partial charge in [0.1, 0.15) is 40.6 Å². The quantitative estimate of drug-likeness (QED) is 0.288. The van der Waals surface area contributed by atoms with Gasteiger partial charge in [-0.2, -0.15) is 0 Å². The molecular formula is C14H20N5O7PS. The van der Waals surface area contributed by atoms with Crippen molar-refractivity contribution in [3.63, 3.8) is 0 Å². The van der Waals surface area contributed by atoms with E-state index < -0.39 is 38.5 Å². The number of ether oxygens (including phenoxy) is 1. The van der Waals surface area contributed by atoms with Crippen LogP contribution in [0.4, 0.5) is 5.82 Å². The molecule has 154 valence electrons. The number of thiocarbonyl (C=S) groups is 1. The highest BCUT2D eigenvalue weighted by molar-refractivity contribution is 7.80. The fourth-order valence-electron chi connectivity index (χ4n) is 3.07. The molecule has 3 rings (SSSR count). The third-order valence-corrected chi connectivity index (χ3v) is 5.70. The summed E-state index contributed by atoms with van der Waals surface area (Å²) in [6, 6.07) is 0. The molecule has 0 bridgehead atoms. The predicted molar refractivity (Wildman–Crippen MR) is 101 cm³/mol. The Hall–Kier alpha value is -1.70. The lowest BCUT2D eigenvalue weighted by Crippen LogP contribution is -2.44. The van der Waals surface area contributed by atoms with Gasteiger partial charge >= 0.3 is 7.82 Å². The van der Waals surface area contributed by atoms with Crippen LogP contribution >= 0.6 is 20.0 Å². The molecule has 0 amide bonds. The van der Waals surface area contributed by atoms with Gasteiger partial charge in [0, 0.05) is 18.9 Å². The summed E-state index contributed by atoms with van der Waals surface area (Å²) in [6.07, 6.45) is -1.05. The third-order valence-electron chi connectivity index (χ3n) is 4.54. The number of nitrogen functional groups attached to an aromatic ring is 1. The summed E-state index contributed by atoms with van der Waals surface area (Å²) in [4.78, 5) is 17.5. The predicted octanol–water partition coefficient (Wildman–Crippen LogP) is -0.580. The van der Waals surface area contributed by atoms with Crippen LogP contribution in [0.2, 0.25) is 0 Å². The maximum absolute atomic E-state index is 11.5. The van der Waals surface area contributed by atoms with Crippen LogP contribution in [0, 0.1) is 0 Å². The molecule has 14 heteroatoms. The van der Waals surface area contributed by atoms with Gasteiger partial charge in [-0.3, -0.25) is 9.05 Å². The lowest BCUT2D eigenvalue weighted by atomic mass is 9.96. The van der Waals surface area contributed by atoms with Crippen molar-refractivity contribution >= 4 is 41.9 Å². The van der Waals surface area contributed by atoms with E-state index in [9.17, 15) is 19.7 Å². The molecule has 7 N–H and O–H groups in total. The van der Waals surface area contributed by atoms with E-state index in [1.54, 1.807) is 0 Å². The SMILES string of the molecule is COP(=O)(O)OCC1OC(n2cc(C(N)=S)c3c(N)ncnc32)C(C)(O)C1O. The maximum atomic E-state index is 11.5. The number of aromatic nitrogens is 3. The number of aliphatic hydroxyl groups is 2. The topological polar surface area (TPSA) is 188 Å². The van der Waals surface area contributed by atoms with Crippen molar-refractivity contribution in [2.24, 2.45) is 5.73 Å². The van der Waals surface area contributed by atoms with E-state index in [1.807, 2.05) is 0 Å². The van der Waals surface area contributed by atoms with Crippen LogP contribution in [0.1, 0.15) is 18.7 Å². The van der Waals surface area contributed by atoms with E-state index in [1.165, 1.54) is 24.0 Å². The number of phosphoric ester groups is 1. The van der Waals surface area contributed by atoms with Crippen molar-refractivity contribution in [1.29, 1.82) is 0 Å². The van der Waals surface area contributed by atoms with Gasteiger partial charge in [0.15, 0.2) is 6.23 Å². The fourth-order valence-corrected chi connectivity index (χ4v) is 3.67. The first-order valence-electron chi connectivity index (χ1n) is 7.99. The molecule has 12 nitrogen and oxygen atoms in total. The van der Waals surface area contributed by atoms with Gasteiger partial charge in [-0.25, -0.2) is 14.5 Å². The second kappa shape index (κ2) is 7.28. The molecule has 5 unspecified atom stereocenters. The molecule has 0 aromatic carbocycles. The van der Waals surface area contributed by atoms with E-state index in [0.717, 1.165) is 7.11 Å². The highest BCUT2D eigenvalue weighted by atomic mass is 32.1. The molecule has 1 aliphatic rings. The Morgan fingerprint density at radius 2 is 2.21 bits per heavy atom. The van der Waals surface area contributed by atoms with Gasteiger partial charge in [-0.1, -0.05) is 12.2 Å². The Bertz CT molecular complexity index is 967. The van der Waals surface area contributed by atoms with E-state index in [-0.39, 0.29) is 16.5 Å². The molecule has 2 aromatic heterocycles. The zero-order valence-corrected chi connectivity index (χ0v) is 16.6. The van der Waals surface area contributed by atoms with Crippen molar-refractivity contribution in [2.45, 2.75) is 31.0 Å². The number of hydrogen-bond acceptors (Lipinski definition) is 10. The molecular weight excluding hydrogens is 413 g/mol. The lowest BCUT2D eigenvalue weighted by Gasteiger charge is -2.27. The van der Waals surface area contributed by atoms with Crippen molar-refractivity contribution in [3.8, 4) is 0 Å². The van der Waals surface area contributed by atoms with Gasteiger partial charge in [0.25, 0.3) is 0 Å². The van der Waals surface area contributed by atoms with Crippen LogP contribution in [0.5, 0.6) is 0 Å². The number of fused-ring (bicyclic) bond motifs is 1. The van der Waals surface area contributed by atoms with E-state index >= 15 is 0 Å². The van der Waals surface area contributed by atoms with Crippen LogP contribution in [-0.4, -0.2) is 66.2 Å². The van der Waals surface area contributed by atoms with Crippen molar-refractivity contribution in [3.05, 3.63) is 18.1 Å². The molecule has 5 atom stereocenters. The molecule has 0 saturated carbocycles. The van der Waals surface area contributed by atoms with Crippen LogP contribution in [0.15, 0.2) is 12.5 Å². The number of nitrogens with two attached hydrogens (primary N) is 2. The first kappa shape index (κ1) is 21.0. The number of nitrogens with zero attached hydrogens (tertiary/aromatic N) is 3. The number of phosphoric acid groups is 1. The zero-order chi connectivity index (χ0) is 20.9. The summed E-state index contributed by atoms with van der Waals surface area (Å²) >= 11 is 5.04. The molecule has 0 aliphatic carbocycles. The monoisotopic (exact) mass is 433 g/mol. The molecule has 28 heavy (non-hydrogen) atoms. The van der Waals surface area contributed by atoms with Crippen LogP contribution in [0.3, 0.4) is 0 Å². The largest absolute Gasteiger partial charge is 0.472 e.